The van der Waals surface area contributed by atoms with Gasteiger partial charge in [-0.2, -0.15) is 0 Å². The Bertz CT molecular complexity index is 5710. The molecule has 0 radical (unpaired) electrons. The standard InChI is InChI=1S/C107H78N6/c1-11-31-80(32-12-1)102(81-33-13-2-14-34-81)104(84-39-19-5-20-40-84)86-55-63-94(64-56-86)112(98-71-67-96(68-72-98)110(88-43-23-7-24-44-88)89-45-25-8-26-46-89)92-59-51-78(52-60-92)100-75-76-101(107-106(100)108-77-109-107)79-53-61-93(62-54-79)113(99-73-69-97(70-74-99)111(90-47-27-9-28-48-90)91-49-29-10-30-50-91)95-65-57-87(58-66-95)105(85-41-21-6-22-42-85)103(82-35-15-3-16-36-82)83-37-17-4-18-38-83/h1-76H,77H2. The van der Waals surface area contributed by atoms with E-state index in [2.05, 4.69) is 481 Å². The minimum Gasteiger partial charge on any atom is -0.311 e. The molecule has 17 aromatic carbocycles. The van der Waals surface area contributed by atoms with E-state index in [0.29, 0.717) is 6.67 Å². The molecule has 0 amide bonds. The molecule has 1 heterocycles. The van der Waals surface area contributed by atoms with E-state index in [1.807, 2.05) is 0 Å². The van der Waals surface area contributed by atoms with Crippen LogP contribution < -0.4 is 30.3 Å². The van der Waals surface area contributed by atoms with Gasteiger partial charge in [-0.1, -0.05) is 315 Å². The smallest absolute Gasteiger partial charge is 0.130 e. The maximum Gasteiger partial charge on any atom is 0.130 e. The molecule has 0 saturated heterocycles. The molecular formula is C107H78N6. The highest BCUT2D eigenvalue weighted by molar-refractivity contribution is 6.06. The Hall–Kier alpha value is -15.0. The Kier molecular flexibility index (Phi) is 20.0. The van der Waals surface area contributed by atoms with Crippen LogP contribution in [0, 0.1) is 0 Å². The van der Waals surface area contributed by atoms with Crippen LogP contribution in [0.2, 0.25) is 0 Å². The fraction of sp³-hybridized carbons (Fsp3) is 0.00935. The quantitative estimate of drug-likeness (QED) is 0.0634. The van der Waals surface area contributed by atoms with Crippen LogP contribution in [-0.4, -0.2) is 6.67 Å². The molecule has 0 saturated carbocycles. The van der Waals surface area contributed by atoms with Gasteiger partial charge in [0.25, 0.3) is 0 Å². The van der Waals surface area contributed by atoms with Gasteiger partial charge in [-0.05, 0) is 224 Å². The molecule has 6 heteroatoms. The largest absolute Gasteiger partial charge is 0.311 e. The number of nitrogens with zero attached hydrogens (tertiary/aromatic N) is 6. The summed E-state index contributed by atoms with van der Waals surface area (Å²) in [5.74, 6) is 0. The number of para-hydroxylation sites is 4. The van der Waals surface area contributed by atoms with E-state index in [9.17, 15) is 0 Å². The van der Waals surface area contributed by atoms with Gasteiger partial charge < -0.3 is 19.6 Å². The summed E-state index contributed by atoms with van der Waals surface area (Å²) >= 11 is 0. The summed E-state index contributed by atoms with van der Waals surface area (Å²) in [6, 6.07) is 165. The van der Waals surface area contributed by atoms with Gasteiger partial charge in [0.15, 0.2) is 0 Å². The van der Waals surface area contributed by atoms with Crippen molar-refractivity contribution < 1.29 is 0 Å². The zero-order valence-corrected chi connectivity index (χ0v) is 62.3. The molecule has 1 aliphatic rings. The molecule has 0 fully saturated rings. The number of benzene rings is 17. The Morgan fingerprint density at radius 1 is 0.150 bits per heavy atom. The van der Waals surface area contributed by atoms with Crippen molar-refractivity contribution in [2.75, 3.05) is 26.3 Å². The molecular weight excluding hydrogens is 1370 g/mol. The number of anilines is 12. The van der Waals surface area contributed by atoms with Crippen molar-refractivity contribution in [3.63, 3.8) is 0 Å². The molecule has 0 atom stereocenters. The predicted molar refractivity (Wildman–Crippen MR) is 472 cm³/mol. The van der Waals surface area contributed by atoms with Crippen LogP contribution in [-0.2, 0) is 0 Å². The second-order valence-corrected chi connectivity index (χ2v) is 27.9. The summed E-state index contributed by atoms with van der Waals surface area (Å²) in [7, 11) is 0. The normalized spacial score (nSPS) is 11.3. The Labute approximate surface area is 661 Å². The van der Waals surface area contributed by atoms with Crippen LogP contribution >= 0.6 is 0 Å². The second kappa shape index (κ2) is 32.5. The van der Waals surface area contributed by atoms with E-state index in [-0.39, 0.29) is 0 Å². The zero-order chi connectivity index (χ0) is 75.5. The third-order valence-electron chi connectivity index (χ3n) is 21.0. The molecule has 6 nitrogen and oxygen atoms in total. The van der Waals surface area contributed by atoms with Crippen molar-refractivity contribution in [3.05, 3.63) is 516 Å². The van der Waals surface area contributed by atoms with E-state index in [0.717, 1.165) is 157 Å². The van der Waals surface area contributed by atoms with Gasteiger partial charge in [-0.3, -0.25) is 9.98 Å². The highest BCUT2D eigenvalue weighted by Crippen LogP contribution is 2.46. The fourth-order valence-corrected chi connectivity index (χ4v) is 15.7. The van der Waals surface area contributed by atoms with Gasteiger partial charge >= 0.3 is 0 Å². The lowest BCUT2D eigenvalue weighted by molar-refractivity contribution is 1.06. The molecule has 18 rings (SSSR count). The summed E-state index contributed by atoms with van der Waals surface area (Å²) in [6.45, 7) is 0.353. The molecule has 0 aliphatic carbocycles. The number of fused-ring (bicyclic) bond motifs is 1. The Morgan fingerprint density at radius 3 is 0.496 bits per heavy atom. The van der Waals surface area contributed by atoms with Crippen LogP contribution in [0.5, 0.6) is 0 Å². The predicted octanol–water partition coefficient (Wildman–Crippen LogP) is 27.1. The van der Waals surface area contributed by atoms with Crippen molar-refractivity contribution >= 4 is 90.5 Å². The minimum atomic E-state index is 0.353. The molecule has 0 bridgehead atoms. The third kappa shape index (κ3) is 14.7. The van der Waals surface area contributed by atoms with E-state index in [1.165, 1.54) is 11.1 Å². The van der Waals surface area contributed by atoms with E-state index < -0.39 is 0 Å². The van der Waals surface area contributed by atoms with Gasteiger partial charge in [0, 0.05) is 79.4 Å². The highest BCUT2D eigenvalue weighted by atomic mass is 15.2. The van der Waals surface area contributed by atoms with Crippen LogP contribution in [0.1, 0.15) is 44.5 Å². The molecule has 113 heavy (non-hydrogen) atoms. The first-order chi connectivity index (χ1) is 56.1. The van der Waals surface area contributed by atoms with Gasteiger partial charge in [0.2, 0.25) is 0 Å². The number of hydrogen-bond donors (Lipinski definition) is 0. The summed E-state index contributed by atoms with van der Waals surface area (Å²) in [4.78, 5) is 19.6. The molecule has 536 valence electrons. The molecule has 0 N–H and O–H groups in total. The third-order valence-corrected chi connectivity index (χ3v) is 21.0. The summed E-state index contributed by atoms with van der Waals surface area (Å²) in [5.41, 5.74) is 30.5. The van der Waals surface area contributed by atoms with Gasteiger partial charge in [0.05, 0.1) is 10.7 Å². The monoisotopic (exact) mass is 1450 g/mol. The first-order valence-corrected chi connectivity index (χ1v) is 38.5. The summed E-state index contributed by atoms with van der Waals surface area (Å²) < 4.78 is 0. The van der Waals surface area contributed by atoms with Gasteiger partial charge in [0.1, 0.15) is 6.67 Å². The van der Waals surface area contributed by atoms with Crippen molar-refractivity contribution in [1.82, 2.24) is 0 Å². The topological polar surface area (TPSA) is 37.7 Å². The van der Waals surface area contributed by atoms with Gasteiger partial charge in [-0.25, -0.2) is 0 Å². The van der Waals surface area contributed by atoms with Gasteiger partial charge in [-0.15, -0.1) is 0 Å². The van der Waals surface area contributed by atoms with Crippen LogP contribution in [0.4, 0.5) is 68.2 Å². The average Bonchev–Trinajstić information content (AvgIpc) is 1.64. The van der Waals surface area contributed by atoms with Crippen molar-refractivity contribution in [2.24, 2.45) is 9.98 Å². The van der Waals surface area contributed by atoms with E-state index in [4.69, 9.17) is 9.98 Å². The number of hydrogen-bond acceptors (Lipinski definition) is 6. The second-order valence-electron chi connectivity index (χ2n) is 27.9. The van der Waals surface area contributed by atoms with Crippen molar-refractivity contribution in [2.45, 2.75) is 0 Å². The Morgan fingerprint density at radius 2 is 0.301 bits per heavy atom. The Balaban J connectivity index is 0.702. The maximum absolute atomic E-state index is 5.14. The molecule has 0 unspecified atom stereocenters. The van der Waals surface area contributed by atoms with Crippen LogP contribution in [0.3, 0.4) is 0 Å². The molecule has 17 aromatic rings. The first-order valence-electron chi connectivity index (χ1n) is 38.5. The van der Waals surface area contributed by atoms with Crippen LogP contribution in [0.15, 0.2) is 471 Å². The zero-order valence-electron chi connectivity index (χ0n) is 62.3. The summed E-state index contributed by atoms with van der Waals surface area (Å²) in [6.07, 6.45) is 0. The summed E-state index contributed by atoms with van der Waals surface area (Å²) in [5, 5.41) is 1.79. The SMILES string of the molecule is c1ccc(C(=C(c2ccccc2)c2ccc(N(c3ccc(-c4ccc(-c5ccc(N(c6ccc(C(=C(c7ccccc7)c7ccccc7)c7ccccc7)cc6)c6ccc(N(c7ccccc7)c7ccccc7)cc6)cc5)c5c4=NCN=5)cc3)c3ccc(N(c4ccccc4)c4ccccc4)cc3)cc2)c2ccccc2)cc1. The minimum absolute atomic E-state index is 0.353. The van der Waals surface area contributed by atoms with E-state index in [1.54, 1.807) is 0 Å². The lowest BCUT2D eigenvalue weighted by atomic mass is 9.86. The average molecular weight is 1450 g/mol. The van der Waals surface area contributed by atoms with Crippen molar-refractivity contribution in [3.8, 4) is 22.3 Å². The lowest BCUT2D eigenvalue weighted by Crippen LogP contribution is -2.26. The first kappa shape index (κ1) is 69.7. The maximum atomic E-state index is 5.14. The molecule has 0 spiro atoms. The molecule has 1 aliphatic heterocycles. The number of rotatable bonds is 22. The lowest BCUT2D eigenvalue weighted by Gasteiger charge is -2.28. The fourth-order valence-electron chi connectivity index (χ4n) is 15.7. The van der Waals surface area contributed by atoms with Crippen molar-refractivity contribution in [1.29, 1.82) is 0 Å². The van der Waals surface area contributed by atoms with Crippen LogP contribution in [0.25, 0.3) is 44.5 Å². The molecule has 0 aromatic heterocycles. The van der Waals surface area contributed by atoms with E-state index >= 15 is 0 Å². The highest BCUT2D eigenvalue weighted by Gasteiger charge is 2.24.